The van der Waals surface area contributed by atoms with Crippen LogP contribution in [-0.2, 0) is 4.79 Å². The number of carbonyl (C=O) groups is 2. The quantitative estimate of drug-likeness (QED) is 0.550. The number of allylic oxidation sites excluding steroid dienone is 1. The second-order valence-electron chi connectivity index (χ2n) is 4.65. The zero-order valence-corrected chi connectivity index (χ0v) is 13.7. The minimum absolute atomic E-state index is 0.155. The van der Waals surface area contributed by atoms with Gasteiger partial charge in [-0.15, -0.1) is 0 Å². The number of halogens is 2. The van der Waals surface area contributed by atoms with E-state index < -0.39 is 0 Å². The molecule has 0 aromatic heterocycles. The van der Waals surface area contributed by atoms with Crippen LogP contribution in [0.3, 0.4) is 0 Å². The van der Waals surface area contributed by atoms with E-state index in [9.17, 15) is 9.59 Å². The van der Waals surface area contributed by atoms with E-state index in [0.717, 1.165) is 12.8 Å². The van der Waals surface area contributed by atoms with Crippen LogP contribution in [0, 0.1) is 0 Å². The average molecular weight is 328 g/mol. The van der Waals surface area contributed by atoms with E-state index in [0.29, 0.717) is 23.7 Å². The first kappa shape index (κ1) is 17.7. The third kappa shape index (κ3) is 5.52. The lowest BCUT2D eigenvalue weighted by Crippen LogP contribution is -2.31. The fourth-order valence-electron chi connectivity index (χ4n) is 1.90. The highest BCUT2D eigenvalue weighted by Gasteiger charge is 2.11. The second-order valence-corrected chi connectivity index (χ2v) is 5.49. The molecular formula is C16H19Cl2NO2. The van der Waals surface area contributed by atoms with Crippen LogP contribution < -0.4 is 0 Å². The van der Waals surface area contributed by atoms with Gasteiger partial charge in [-0.2, -0.15) is 0 Å². The van der Waals surface area contributed by atoms with Crippen molar-refractivity contribution in [2.24, 2.45) is 0 Å². The first-order valence-electron chi connectivity index (χ1n) is 6.96. The minimum Gasteiger partial charge on any atom is -0.339 e. The Morgan fingerprint density at radius 1 is 1.10 bits per heavy atom. The maximum Gasteiger partial charge on any atom is 0.246 e. The van der Waals surface area contributed by atoms with Crippen LogP contribution in [0.1, 0.15) is 37.0 Å². The molecule has 0 atom stereocenters. The Kier molecular flexibility index (Phi) is 7.48. The maximum absolute atomic E-state index is 12.0. The topological polar surface area (TPSA) is 37.4 Å². The number of ketones is 1. The molecule has 1 aromatic rings. The largest absolute Gasteiger partial charge is 0.339 e. The van der Waals surface area contributed by atoms with Gasteiger partial charge in [0.2, 0.25) is 5.91 Å². The number of hydrogen-bond donors (Lipinski definition) is 0. The monoisotopic (exact) mass is 327 g/mol. The molecule has 0 N–H and O–H groups in total. The van der Waals surface area contributed by atoms with Crippen LogP contribution >= 0.6 is 23.2 Å². The summed E-state index contributed by atoms with van der Waals surface area (Å²) < 4.78 is 0. The number of hydrogen-bond acceptors (Lipinski definition) is 2. The summed E-state index contributed by atoms with van der Waals surface area (Å²) in [7, 11) is 0. The van der Waals surface area contributed by atoms with Crippen LogP contribution in [0.15, 0.2) is 30.4 Å². The Bertz CT molecular complexity index is 535. The Morgan fingerprint density at radius 2 is 1.71 bits per heavy atom. The summed E-state index contributed by atoms with van der Waals surface area (Å²) in [5.41, 5.74) is 0.336. The third-order valence-electron chi connectivity index (χ3n) is 2.87. The Labute approximate surface area is 135 Å². The molecule has 0 spiro atoms. The molecule has 1 aromatic carbocycles. The van der Waals surface area contributed by atoms with Crippen molar-refractivity contribution in [2.45, 2.75) is 26.7 Å². The van der Waals surface area contributed by atoms with Crippen molar-refractivity contribution in [3.8, 4) is 0 Å². The van der Waals surface area contributed by atoms with Crippen molar-refractivity contribution in [2.75, 3.05) is 13.1 Å². The molecule has 0 saturated carbocycles. The van der Waals surface area contributed by atoms with Crippen LogP contribution in [0.5, 0.6) is 0 Å². The molecule has 0 aliphatic carbocycles. The SMILES string of the molecule is CCCN(CCC)C(=O)/C=C/C(=O)c1ccc(Cl)cc1Cl. The van der Waals surface area contributed by atoms with Crippen molar-refractivity contribution in [1.82, 2.24) is 4.90 Å². The summed E-state index contributed by atoms with van der Waals surface area (Å²) in [6.45, 7) is 5.40. The fraction of sp³-hybridized carbons (Fsp3) is 0.375. The lowest BCUT2D eigenvalue weighted by Gasteiger charge is -2.19. The van der Waals surface area contributed by atoms with E-state index in [1.165, 1.54) is 18.2 Å². The van der Waals surface area contributed by atoms with Gasteiger partial charge >= 0.3 is 0 Å². The van der Waals surface area contributed by atoms with E-state index in [-0.39, 0.29) is 16.7 Å². The molecule has 114 valence electrons. The molecule has 5 heteroatoms. The molecule has 0 heterocycles. The summed E-state index contributed by atoms with van der Waals surface area (Å²) in [6.07, 6.45) is 4.33. The van der Waals surface area contributed by atoms with Gasteiger partial charge in [-0.25, -0.2) is 0 Å². The Hall–Kier alpha value is -1.32. The number of rotatable bonds is 7. The number of benzene rings is 1. The fourth-order valence-corrected chi connectivity index (χ4v) is 2.41. The van der Waals surface area contributed by atoms with E-state index in [2.05, 4.69) is 0 Å². The van der Waals surface area contributed by atoms with Gasteiger partial charge in [-0.05, 0) is 37.1 Å². The van der Waals surface area contributed by atoms with Crippen molar-refractivity contribution in [3.63, 3.8) is 0 Å². The molecule has 0 radical (unpaired) electrons. The number of amides is 1. The molecule has 21 heavy (non-hydrogen) atoms. The van der Waals surface area contributed by atoms with E-state index in [4.69, 9.17) is 23.2 Å². The van der Waals surface area contributed by atoms with Crippen molar-refractivity contribution >= 4 is 34.9 Å². The van der Waals surface area contributed by atoms with Gasteiger partial charge < -0.3 is 4.90 Å². The molecule has 1 amide bonds. The predicted molar refractivity (Wildman–Crippen MR) is 87.1 cm³/mol. The number of carbonyl (C=O) groups excluding carboxylic acids is 2. The predicted octanol–water partition coefficient (Wildman–Crippen LogP) is 4.38. The number of nitrogens with zero attached hydrogens (tertiary/aromatic N) is 1. The molecule has 1 rings (SSSR count). The van der Waals surface area contributed by atoms with Gasteiger partial charge in [0.15, 0.2) is 5.78 Å². The first-order valence-corrected chi connectivity index (χ1v) is 7.71. The molecule has 0 bridgehead atoms. The molecule has 0 saturated heterocycles. The van der Waals surface area contributed by atoms with Gasteiger partial charge in [-0.3, -0.25) is 9.59 Å². The van der Waals surface area contributed by atoms with Gasteiger partial charge in [0.1, 0.15) is 0 Å². The van der Waals surface area contributed by atoms with Gasteiger partial charge in [0.05, 0.1) is 5.02 Å². The summed E-state index contributed by atoms with van der Waals surface area (Å²) in [6, 6.07) is 4.65. The average Bonchev–Trinajstić information content (AvgIpc) is 2.44. The van der Waals surface area contributed by atoms with E-state index in [1.54, 1.807) is 17.0 Å². The van der Waals surface area contributed by atoms with E-state index in [1.807, 2.05) is 13.8 Å². The Balaban J connectivity index is 2.78. The lowest BCUT2D eigenvalue weighted by molar-refractivity contribution is -0.126. The molecular weight excluding hydrogens is 309 g/mol. The Morgan fingerprint density at radius 3 is 2.24 bits per heavy atom. The maximum atomic E-state index is 12.0. The highest BCUT2D eigenvalue weighted by Crippen LogP contribution is 2.21. The normalized spacial score (nSPS) is 10.9. The first-order chi connectivity index (χ1) is 9.99. The van der Waals surface area contributed by atoms with Crippen molar-refractivity contribution in [1.29, 1.82) is 0 Å². The van der Waals surface area contributed by atoms with Crippen molar-refractivity contribution in [3.05, 3.63) is 46.0 Å². The smallest absolute Gasteiger partial charge is 0.246 e. The molecule has 0 fully saturated rings. The third-order valence-corrected chi connectivity index (χ3v) is 3.42. The van der Waals surface area contributed by atoms with E-state index >= 15 is 0 Å². The highest BCUT2D eigenvalue weighted by atomic mass is 35.5. The van der Waals surface area contributed by atoms with Crippen LogP contribution in [0.25, 0.3) is 0 Å². The second kappa shape index (κ2) is 8.85. The standard InChI is InChI=1S/C16H19Cl2NO2/c1-3-9-19(10-4-2)16(21)8-7-15(20)13-6-5-12(17)11-14(13)18/h5-8,11H,3-4,9-10H2,1-2H3/b8-7+. The summed E-state index contributed by atoms with van der Waals surface area (Å²) >= 11 is 11.8. The molecule has 0 aliphatic heterocycles. The lowest BCUT2D eigenvalue weighted by atomic mass is 10.1. The molecule has 0 aliphatic rings. The molecule has 3 nitrogen and oxygen atoms in total. The van der Waals surface area contributed by atoms with Crippen LogP contribution in [-0.4, -0.2) is 29.7 Å². The summed E-state index contributed by atoms with van der Waals surface area (Å²) in [5.74, 6) is -0.463. The van der Waals surface area contributed by atoms with Gasteiger partial charge in [0, 0.05) is 29.8 Å². The van der Waals surface area contributed by atoms with Crippen molar-refractivity contribution < 1.29 is 9.59 Å². The van der Waals surface area contributed by atoms with Gasteiger partial charge in [0.25, 0.3) is 0 Å². The van der Waals surface area contributed by atoms with Gasteiger partial charge in [-0.1, -0.05) is 37.0 Å². The van der Waals surface area contributed by atoms with Crippen LogP contribution in [0.4, 0.5) is 0 Å². The van der Waals surface area contributed by atoms with Crippen LogP contribution in [0.2, 0.25) is 10.0 Å². The zero-order chi connectivity index (χ0) is 15.8. The highest BCUT2D eigenvalue weighted by molar-refractivity contribution is 6.37. The zero-order valence-electron chi connectivity index (χ0n) is 12.2. The summed E-state index contributed by atoms with van der Waals surface area (Å²) in [4.78, 5) is 25.8. The molecule has 0 unspecified atom stereocenters. The minimum atomic E-state index is -0.307. The summed E-state index contributed by atoms with van der Waals surface area (Å²) in [5, 5.41) is 0.747.